The maximum absolute atomic E-state index is 11.0. The van der Waals surface area contributed by atoms with Crippen LogP contribution in [0.1, 0.15) is 11.7 Å². The Labute approximate surface area is 81.3 Å². The lowest BCUT2D eigenvalue weighted by atomic mass is 10.1. The first-order valence-electron chi connectivity index (χ1n) is 3.81. The smallest absolute Gasteiger partial charge is 0.253 e. The molecule has 1 rings (SSSR count). The second-order valence-corrected chi connectivity index (χ2v) is 2.95. The Morgan fingerprint density at radius 3 is 2.69 bits per heavy atom. The molecule has 0 aromatic heterocycles. The topological polar surface area (TPSA) is 49.3 Å². The number of carbonyl (C=O) groups is 1. The molecule has 0 saturated carbocycles. The van der Waals surface area contributed by atoms with E-state index in [0.29, 0.717) is 10.6 Å². The lowest BCUT2D eigenvalue weighted by Crippen LogP contribution is -2.25. The van der Waals surface area contributed by atoms with Crippen molar-refractivity contribution in [1.82, 2.24) is 5.32 Å². The van der Waals surface area contributed by atoms with Gasteiger partial charge in [-0.05, 0) is 6.07 Å². The van der Waals surface area contributed by atoms with E-state index in [1.54, 1.807) is 24.3 Å². The Morgan fingerprint density at radius 2 is 2.15 bits per heavy atom. The molecule has 1 unspecified atom stereocenters. The average Bonchev–Trinajstić information content (AvgIpc) is 2.16. The normalized spacial score (nSPS) is 12.2. The van der Waals surface area contributed by atoms with Crippen LogP contribution in [0.5, 0.6) is 0 Å². The SMILES string of the molecule is CNC(=O)C(O)c1ccccc1Cl. The number of halogens is 1. The zero-order valence-corrected chi connectivity index (χ0v) is 7.88. The zero-order valence-electron chi connectivity index (χ0n) is 7.12. The van der Waals surface area contributed by atoms with E-state index in [4.69, 9.17) is 11.6 Å². The molecule has 0 spiro atoms. The molecule has 70 valence electrons. The third-order valence-corrected chi connectivity index (χ3v) is 2.04. The molecule has 13 heavy (non-hydrogen) atoms. The molecule has 4 heteroatoms. The average molecular weight is 200 g/mol. The van der Waals surface area contributed by atoms with Crippen molar-refractivity contribution < 1.29 is 9.90 Å². The van der Waals surface area contributed by atoms with Crippen LogP contribution in [0.4, 0.5) is 0 Å². The van der Waals surface area contributed by atoms with Crippen LogP contribution in [0.15, 0.2) is 24.3 Å². The number of hydrogen-bond donors (Lipinski definition) is 2. The predicted octanol–water partition coefficient (Wildman–Crippen LogP) is 1.12. The number of aliphatic hydroxyl groups excluding tert-OH is 1. The van der Waals surface area contributed by atoms with Crippen molar-refractivity contribution in [1.29, 1.82) is 0 Å². The summed E-state index contributed by atoms with van der Waals surface area (Å²) >= 11 is 5.78. The lowest BCUT2D eigenvalue weighted by molar-refractivity contribution is -0.129. The second-order valence-electron chi connectivity index (χ2n) is 2.54. The molecule has 1 aromatic carbocycles. The first-order chi connectivity index (χ1) is 6.16. The van der Waals surface area contributed by atoms with E-state index >= 15 is 0 Å². The monoisotopic (exact) mass is 199 g/mol. The largest absolute Gasteiger partial charge is 0.378 e. The first kappa shape index (κ1) is 10.0. The minimum atomic E-state index is -1.20. The number of amides is 1. The van der Waals surface area contributed by atoms with Gasteiger partial charge in [-0.2, -0.15) is 0 Å². The Balaban J connectivity index is 2.95. The minimum Gasteiger partial charge on any atom is -0.378 e. The number of carbonyl (C=O) groups excluding carboxylic acids is 1. The third kappa shape index (κ3) is 2.20. The molecular formula is C9H10ClNO2. The van der Waals surface area contributed by atoms with Gasteiger partial charge < -0.3 is 10.4 Å². The summed E-state index contributed by atoms with van der Waals surface area (Å²) in [7, 11) is 1.46. The zero-order chi connectivity index (χ0) is 9.84. The van der Waals surface area contributed by atoms with Crippen molar-refractivity contribution in [3.63, 3.8) is 0 Å². The van der Waals surface area contributed by atoms with Crippen molar-refractivity contribution in [2.24, 2.45) is 0 Å². The second kappa shape index (κ2) is 4.25. The van der Waals surface area contributed by atoms with Gasteiger partial charge in [0.15, 0.2) is 6.10 Å². The summed E-state index contributed by atoms with van der Waals surface area (Å²) in [5.74, 6) is -0.465. The highest BCUT2D eigenvalue weighted by Gasteiger charge is 2.17. The quantitative estimate of drug-likeness (QED) is 0.750. The van der Waals surface area contributed by atoms with Crippen LogP contribution in [0.3, 0.4) is 0 Å². The van der Waals surface area contributed by atoms with Crippen molar-refractivity contribution in [2.75, 3.05) is 7.05 Å². The van der Waals surface area contributed by atoms with Gasteiger partial charge in [0, 0.05) is 17.6 Å². The van der Waals surface area contributed by atoms with Crippen LogP contribution in [0.25, 0.3) is 0 Å². The van der Waals surface area contributed by atoms with Crippen molar-refractivity contribution in [3.8, 4) is 0 Å². The number of likely N-dealkylation sites (N-methyl/N-ethyl adjacent to an activating group) is 1. The fraction of sp³-hybridized carbons (Fsp3) is 0.222. The molecule has 1 atom stereocenters. The Hall–Kier alpha value is -1.06. The predicted molar refractivity (Wildman–Crippen MR) is 50.5 cm³/mol. The fourth-order valence-electron chi connectivity index (χ4n) is 0.975. The van der Waals surface area contributed by atoms with Gasteiger partial charge in [0.05, 0.1) is 0 Å². The van der Waals surface area contributed by atoms with E-state index in [9.17, 15) is 9.90 Å². The summed E-state index contributed by atoms with van der Waals surface area (Å²) in [6.45, 7) is 0. The molecule has 0 aliphatic heterocycles. The molecular weight excluding hydrogens is 190 g/mol. The number of nitrogens with one attached hydrogen (secondary N) is 1. The maximum atomic E-state index is 11.0. The molecule has 1 amide bonds. The Bertz CT molecular complexity index is 314. The van der Waals surface area contributed by atoms with Crippen molar-refractivity contribution in [2.45, 2.75) is 6.10 Å². The van der Waals surface area contributed by atoms with Crippen LogP contribution in [0.2, 0.25) is 5.02 Å². The van der Waals surface area contributed by atoms with Crippen LogP contribution >= 0.6 is 11.6 Å². The number of aliphatic hydroxyl groups is 1. The van der Waals surface area contributed by atoms with Gasteiger partial charge in [-0.15, -0.1) is 0 Å². The van der Waals surface area contributed by atoms with E-state index in [0.717, 1.165) is 0 Å². The standard InChI is InChI=1S/C9H10ClNO2/c1-11-9(13)8(12)6-4-2-3-5-7(6)10/h2-5,8,12H,1H3,(H,11,13). The van der Waals surface area contributed by atoms with Gasteiger partial charge in [0.25, 0.3) is 5.91 Å². The van der Waals surface area contributed by atoms with Gasteiger partial charge >= 0.3 is 0 Å². The Kier molecular flexibility index (Phi) is 3.28. The van der Waals surface area contributed by atoms with Crippen LogP contribution < -0.4 is 5.32 Å². The van der Waals surface area contributed by atoms with Crippen LogP contribution in [0, 0.1) is 0 Å². The highest BCUT2D eigenvalue weighted by molar-refractivity contribution is 6.31. The van der Waals surface area contributed by atoms with Crippen molar-refractivity contribution in [3.05, 3.63) is 34.9 Å². The summed E-state index contributed by atoms with van der Waals surface area (Å²) in [6, 6.07) is 6.70. The highest BCUT2D eigenvalue weighted by Crippen LogP contribution is 2.22. The molecule has 1 aromatic rings. The molecule has 0 heterocycles. The summed E-state index contributed by atoms with van der Waals surface area (Å²) < 4.78 is 0. The van der Waals surface area contributed by atoms with E-state index in [2.05, 4.69) is 5.32 Å². The number of hydrogen-bond acceptors (Lipinski definition) is 2. The minimum absolute atomic E-state index is 0.388. The maximum Gasteiger partial charge on any atom is 0.253 e. The van der Waals surface area contributed by atoms with E-state index in [1.165, 1.54) is 7.05 Å². The third-order valence-electron chi connectivity index (χ3n) is 1.69. The highest BCUT2D eigenvalue weighted by atomic mass is 35.5. The molecule has 0 bridgehead atoms. The van der Waals surface area contributed by atoms with E-state index in [1.807, 2.05) is 0 Å². The lowest BCUT2D eigenvalue weighted by Gasteiger charge is -2.10. The number of rotatable bonds is 2. The van der Waals surface area contributed by atoms with Crippen molar-refractivity contribution >= 4 is 17.5 Å². The summed E-state index contributed by atoms with van der Waals surface area (Å²) in [6.07, 6.45) is -1.20. The van der Waals surface area contributed by atoms with Crippen LogP contribution in [-0.4, -0.2) is 18.1 Å². The molecule has 0 fully saturated rings. The molecule has 2 N–H and O–H groups in total. The number of benzene rings is 1. The molecule has 0 aliphatic rings. The van der Waals surface area contributed by atoms with Gasteiger partial charge in [0.2, 0.25) is 0 Å². The Morgan fingerprint density at radius 1 is 1.54 bits per heavy atom. The first-order valence-corrected chi connectivity index (χ1v) is 4.18. The van der Waals surface area contributed by atoms with Gasteiger partial charge in [-0.1, -0.05) is 29.8 Å². The van der Waals surface area contributed by atoms with E-state index < -0.39 is 12.0 Å². The van der Waals surface area contributed by atoms with E-state index in [-0.39, 0.29) is 0 Å². The van der Waals surface area contributed by atoms with Crippen LogP contribution in [-0.2, 0) is 4.79 Å². The molecule has 3 nitrogen and oxygen atoms in total. The summed E-state index contributed by atoms with van der Waals surface area (Å²) in [5, 5.41) is 12.2. The van der Waals surface area contributed by atoms with Gasteiger partial charge in [0.1, 0.15) is 0 Å². The van der Waals surface area contributed by atoms with Gasteiger partial charge in [-0.3, -0.25) is 4.79 Å². The fourth-order valence-corrected chi connectivity index (χ4v) is 1.21. The van der Waals surface area contributed by atoms with Gasteiger partial charge in [-0.25, -0.2) is 0 Å². The summed E-state index contributed by atoms with van der Waals surface area (Å²) in [5.41, 5.74) is 0.420. The molecule has 0 radical (unpaired) electrons. The molecule has 0 saturated heterocycles. The summed E-state index contributed by atoms with van der Waals surface area (Å²) in [4.78, 5) is 11.0. The molecule has 0 aliphatic carbocycles.